The number of thiazole rings is 1. The molecule has 3 aromatic rings. The summed E-state index contributed by atoms with van der Waals surface area (Å²) in [7, 11) is 2.12. The first kappa shape index (κ1) is 15.0. The average Bonchev–Trinajstić information content (AvgIpc) is 2.91. The summed E-state index contributed by atoms with van der Waals surface area (Å²) in [6.45, 7) is 4.41. The minimum Gasteiger partial charge on any atom is -0.494 e. The fraction of sp³-hybridized carbons (Fsp3) is 0.278. The van der Waals surface area contributed by atoms with Gasteiger partial charge in [0.15, 0.2) is 0 Å². The summed E-state index contributed by atoms with van der Waals surface area (Å²) >= 11 is 1.77. The molecule has 0 spiro atoms. The summed E-state index contributed by atoms with van der Waals surface area (Å²) in [4.78, 5) is 6.97. The summed E-state index contributed by atoms with van der Waals surface area (Å²) in [6, 6.07) is 16.5. The van der Waals surface area contributed by atoms with Gasteiger partial charge < -0.3 is 4.74 Å². The van der Waals surface area contributed by atoms with Crippen molar-refractivity contribution in [1.29, 1.82) is 0 Å². The molecule has 0 aliphatic rings. The van der Waals surface area contributed by atoms with Crippen LogP contribution in [-0.2, 0) is 13.1 Å². The first-order valence-corrected chi connectivity index (χ1v) is 8.31. The maximum absolute atomic E-state index is 5.70. The van der Waals surface area contributed by atoms with Gasteiger partial charge in [0.05, 0.1) is 23.4 Å². The van der Waals surface area contributed by atoms with Gasteiger partial charge in [-0.15, -0.1) is 11.3 Å². The summed E-state index contributed by atoms with van der Waals surface area (Å²) < 4.78 is 6.95. The quantitative estimate of drug-likeness (QED) is 0.677. The van der Waals surface area contributed by atoms with Gasteiger partial charge >= 0.3 is 0 Å². The maximum Gasteiger partial charge on any atom is 0.123 e. The summed E-state index contributed by atoms with van der Waals surface area (Å²) in [6.07, 6.45) is 0. The molecular formula is C18H20N2OS. The smallest absolute Gasteiger partial charge is 0.123 e. The van der Waals surface area contributed by atoms with Gasteiger partial charge in [0, 0.05) is 12.1 Å². The summed E-state index contributed by atoms with van der Waals surface area (Å²) in [5.74, 6) is 0.973. The van der Waals surface area contributed by atoms with Crippen molar-refractivity contribution < 1.29 is 4.74 Å². The van der Waals surface area contributed by atoms with Crippen molar-refractivity contribution in [3.05, 3.63) is 59.1 Å². The summed E-state index contributed by atoms with van der Waals surface area (Å²) in [5, 5.41) is 1.15. The molecule has 0 atom stereocenters. The third kappa shape index (κ3) is 3.46. The lowest BCUT2D eigenvalue weighted by atomic mass is 10.2. The van der Waals surface area contributed by atoms with Gasteiger partial charge in [-0.3, -0.25) is 4.90 Å². The zero-order valence-corrected chi connectivity index (χ0v) is 13.8. The molecule has 0 amide bonds. The standard InChI is InChI=1S/C18H20N2OS/c1-3-21-16-10-6-4-8-14(16)12-20(2)13-18-19-15-9-5-7-11-17(15)22-18/h4-11H,3,12-13H2,1-2H3. The van der Waals surface area contributed by atoms with Gasteiger partial charge in [0.25, 0.3) is 0 Å². The number of hydrogen-bond donors (Lipinski definition) is 0. The van der Waals surface area contributed by atoms with Crippen molar-refractivity contribution in [1.82, 2.24) is 9.88 Å². The first-order chi connectivity index (χ1) is 10.8. The molecule has 4 heteroatoms. The van der Waals surface area contributed by atoms with Crippen molar-refractivity contribution >= 4 is 21.6 Å². The van der Waals surface area contributed by atoms with Gasteiger partial charge in [0.1, 0.15) is 10.8 Å². The second-order valence-corrected chi connectivity index (χ2v) is 6.40. The van der Waals surface area contributed by atoms with Crippen LogP contribution in [0.1, 0.15) is 17.5 Å². The first-order valence-electron chi connectivity index (χ1n) is 7.50. The van der Waals surface area contributed by atoms with Crippen LogP contribution in [0.3, 0.4) is 0 Å². The highest BCUT2D eigenvalue weighted by atomic mass is 32.1. The maximum atomic E-state index is 5.70. The van der Waals surface area contributed by atoms with Crippen LogP contribution in [-0.4, -0.2) is 23.5 Å². The van der Waals surface area contributed by atoms with Crippen LogP contribution >= 0.6 is 11.3 Å². The van der Waals surface area contributed by atoms with Crippen molar-refractivity contribution in [2.45, 2.75) is 20.0 Å². The Hall–Kier alpha value is -1.91. The Morgan fingerprint density at radius 1 is 1.05 bits per heavy atom. The highest BCUT2D eigenvalue weighted by Crippen LogP contribution is 2.24. The van der Waals surface area contributed by atoms with Crippen molar-refractivity contribution in [3.63, 3.8) is 0 Å². The molecule has 0 aliphatic carbocycles. The highest BCUT2D eigenvalue weighted by Gasteiger charge is 2.09. The number of para-hydroxylation sites is 2. The fourth-order valence-corrected chi connectivity index (χ4v) is 3.54. The van der Waals surface area contributed by atoms with Crippen molar-refractivity contribution in [2.24, 2.45) is 0 Å². The number of nitrogens with zero attached hydrogens (tertiary/aromatic N) is 2. The van der Waals surface area contributed by atoms with Crippen LogP contribution in [0.15, 0.2) is 48.5 Å². The Bertz CT molecular complexity index is 720. The number of aromatic nitrogens is 1. The van der Waals surface area contributed by atoms with E-state index in [-0.39, 0.29) is 0 Å². The monoisotopic (exact) mass is 312 g/mol. The minimum atomic E-state index is 0.693. The van der Waals surface area contributed by atoms with Crippen LogP contribution in [0.25, 0.3) is 10.2 Å². The second-order valence-electron chi connectivity index (χ2n) is 5.29. The number of hydrogen-bond acceptors (Lipinski definition) is 4. The molecule has 1 heterocycles. The Morgan fingerprint density at radius 2 is 1.82 bits per heavy atom. The van der Waals surface area contributed by atoms with Crippen LogP contribution in [0.4, 0.5) is 0 Å². The average molecular weight is 312 g/mol. The lowest BCUT2D eigenvalue weighted by Crippen LogP contribution is -2.17. The lowest BCUT2D eigenvalue weighted by molar-refractivity contribution is 0.297. The lowest BCUT2D eigenvalue weighted by Gasteiger charge is -2.17. The molecule has 3 rings (SSSR count). The molecule has 0 unspecified atom stereocenters. The van der Waals surface area contributed by atoms with E-state index in [4.69, 9.17) is 9.72 Å². The van der Waals surface area contributed by atoms with Crippen molar-refractivity contribution in [2.75, 3.05) is 13.7 Å². The molecule has 0 aliphatic heterocycles. The predicted molar refractivity (Wildman–Crippen MR) is 92.4 cm³/mol. The number of benzene rings is 2. The molecule has 0 radical (unpaired) electrons. The zero-order chi connectivity index (χ0) is 15.4. The molecular weight excluding hydrogens is 292 g/mol. The number of fused-ring (bicyclic) bond motifs is 1. The van der Waals surface area contributed by atoms with E-state index in [0.29, 0.717) is 6.61 Å². The van der Waals surface area contributed by atoms with Gasteiger partial charge in [-0.2, -0.15) is 0 Å². The normalized spacial score (nSPS) is 11.2. The molecule has 0 N–H and O–H groups in total. The molecule has 0 saturated carbocycles. The molecule has 0 fully saturated rings. The third-order valence-electron chi connectivity index (χ3n) is 3.46. The van der Waals surface area contributed by atoms with Crippen LogP contribution in [0, 0.1) is 0 Å². The van der Waals surface area contributed by atoms with Gasteiger partial charge in [-0.25, -0.2) is 4.98 Å². The Kier molecular flexibility index (Phi) is 4.71. The van der Waals surface area contributed by atoms with E-state index < -0.39 is 0 Å². The van der Waals surface area contributed by atoms with Gasteiger partial charge in [-0.1, -0.05) is 30.3 Å². The molecule has 22 heavy (non-hydrogen) atoms. The van der Waals surface area contributed by atoms with E-state index in [9.17, 15) is 0 Å². The molecule has 1 aromatic heterocycles. The third-order valence-corrected chi connectivity index (χ3v) is 4.48. The Morgan fingerprint density at radius 3 is 2.64 bits per heavy atom. The van der Waals surface area contributed by atoms with E-state index in [2.05, 4.69) is 42.3 Å². The van der Waals surface area contributed by atoms with Gasteiger partial charge in [-0.05, 0) is 32.2 Å². The molecule has 0 saturated heterocycles. The van der Waals surface area contributed by atoms with E-state index in [1.165, 1.54) is 10.3 Å². The van der Waals surface area contributed by atoms with E-state index in [1.54, 1.807) is 11.3 Å². The highest BCUT2D eigenvalue weighted by molar-refractivity contribution is 7.18. The molecule has 3 nitrogen and oxygen atoms in total. The molecule has 0 bridgehead atoms. The van der Waals surface area contributed by atoms with Crippen LogP contribution in [0.5, 0.6) is 5.75 Å². The number of rotatable bonds is 6. The van der Waals surface area contributed by atoms with Crippen LogP contribution in [0.2, 0.25) is 0 Å². The molecule has 114 valence electrons. The van der Waals surface area contributed by atoms with E-state index in [0.717, 1.165) is 29.4 Å². The Labute approximate surface area is 135 Å². The predicted octanol–water partition coefficient (Wildman–Crippen LogP) is 4.33. The number of ether oxygens (including phenoxy) is 1. The zero-order valence-electron chi connectivity index (χ0n) is 13.0. The van der Waals surface area contributed by atoms with Crippen molar-refractivity contribution in [3.8, 4) is 5.75 Å². The molecule has 2 aromatic carbocycles. The topological polar surface area (TPSA) is 25.4 Å². The summed E-state index contributed by atoms with van der Waals surface area (Å²) in [5.41, 5.74) is 2.30. The van der Waals surface area contributed by atoms with Crippen LogP contribution < -0.4 is 4.74 Å². The van der Waals surface area contributed by atoms with Gasteiger partial charge in [0.2, 0.25) is 0 Å². The van der Waals surface area contributed by atoms with E-state index >= 15 is 0 Å². The second kappa shape index (κ2) is 6.90. The van der Waals surface area contributed by atoms with E-state index in [1.807, 2.05) is 25.1 Å². The fourth-order valence-electron chi connectivity index (χ4n) is 2.50. The largest absolute Gasteiger partial charge is 0.494 e. The SMILES string of the molecule is CCOc1ccccc1CN(C)Cc1nc2ccccc2s1. The Balaban J connectivity index is 1.71. The minimum absolute atomic E-state index is 0.693.